The number of carbonyl (C=O) groups excluding carboxylic acids is 1. The fourth-order valence-electron chi connectivity index (χ4n) is 4.02. The van der Waals surface area contributed by atoms with Crippen LogP contribution in [-0.2, 0) is 14.8 Å². The lowest BCUT2D eigenvalue weighted by Crippen LogP contribution is -2.42. The molecule has 0 aliphatic heterocycles. The van der Waals surface area contributed by atoms with Gasteiger partial charge in [-0.3, -0.25) is 9.10 Å². The van der Waals surface area contributed by atoms with Crippen molar-refractivity contribution in [2.75, 3.05) is 10.8 Å². The molecular weight excluding hydrogens is 536 g/mol. The van der Waals surface area contributed by atoms with Crippen LogP contribution in [-0.4, -0.2) is 20.9 Å². The van der Waals surface area contributed by atoms with Gasteiger partial charge in [0.05, 0.1) is 16.6 Å². The van der Waals surface area contributed by atoms with Crippen LogP contribution in [0.15, 0.2) is 112 Å². The van der Waals surface area contributed by atoms with Gasteiger partial charge in [-0.1, -0.05) is 94.3 Å². The second-order valence-electron chi connectivity index (χ2n) is 8.57. The van der Waals surface area contributed by atoms with Gasteiger partial charge in [-0.15, -0.1) is 0 Å². The van der Waals surface area contributed by atoms with Gasteiger partial charge in [0.1, 0.15) is 6.54 Å². The van der Waals surface area contributed by atoms with Gasteiger partial charge >= 0.3 is 0 Å². The van der Waals surface area contributed by atoms with Crippen molar-refractivity contribution in [1.29, 1.82) is 0 Å². The van der Waals surface area contributed by atoms with Gasteiger partial charge in [0.25, 0.3) is 10.0 Å². The van der Waals surface area contributed by atoms with Gasteiger partial charge < -0.3 is 5.32 Å². The summed E-state index contributed by atoms with van der Waals surface area (Å²) in [6.07, 6.45) is 0. The first-order valence-corrected chi connectivity index (χ1v) is 13.7. The Morgan fingerprint density at radius 2 is 1.53 bits per heavy atom. The standard InChI is InChI=1S/C29H27BrN2O3S/c1-21-15-17-26(18-16-21)36(34,35)32(25-13-8-12-24(30)19-25)20-28(33)31-29(23-10-4-3-5-11-23)27-14-7-6-9-22(27)2/h3-19,29H,20H2,1-2H3,(H,31,33)/t29-/m0/s1. The molecule has 5 nitrogen and oxygen atoms in total. The van der Waals surface area contributed by atoms with E-state index in [-0.39, 0.29) is 11.4 Å². The smallest absolute Gasteiger partial charge is 0.264 e. The predicted octanol–water partition coefficient (Wildman–Crippen LogP) is 6.17. The zero-order valence-corrected chi connectivity index (χ0v) is 22.5. The molecule has 0 aliphatic rings. The van der Waals surface area contributed by atoms with Crippen molar-refractivity contribution in [3.8, 4) is 0 Å². The molecule has 1 N–H and O–H groups in total. The molecule has 1 amide bonds. The van der Waals surface area contributed by atoms with Crippen LogP contribution >= 0.6 is 15.9 Å². The summed E-state index contributed by atoms with van der Waals surface area (Å²) in [5.74, 6) is -0.414. The molecule has 7 heteroatoms. The maximum absolute atomic E-state index is 13.7. The zero-order valence-electron chi connectivity index (χ0n) is 20.1. The Morgan fingerprint density at radius 3 is 2.19 bits per heavy atom. The normalized spacial score (nSPS) is 12.1. The van der Waals surface area contributed by atoms with Gasteiger partial charge in [0, 0.05) is 4.47 Å². The van der Waals surface area contributed by atoms with Crippen molar-refractivity contribution in [3.63, 3.8) is 0 Å². The monoisotopic (exact) mass is 562 g/mol. The zero-order chi connectivity index (χ0) is 25.7. The first-order valence-electron chi connectivity index (χ1n) is 11.5. The molecule has 0 fully saturated rings. The lowest BCUT2D eigenvalue weighted by molar-refractivity contribution is -0.120. The molecule has 0 heterocycles. The van der Waals surface area contributed by atoms with E-state index in [0.717, 1.165) is 26.6 Å². The van der Waals surface area contributed by atoms with E-state index < -0.39 is 22.0 Å². The van der Waals surface area contributed by atoms with Crippen molar-refractivity contribution in [3.05, 3.63) is 130 Å². The number of nitrogens with zero attached hydrogens (tertiary/aromatic N) is 1. The molecule has 4 aromatic rings. The molecule has 0 aliphatic carbocycles. The number of rotatable bonds is 8. The van der Waals surface area contributed by atoms with Crippen molar-refractivity contribution < 1.29 is 13.2 Å². The molecule has 0 aromatic heterocycles. The fourth-order valence-corrected chi connectivity index (χ4v) is 5.82. The largest absolute Gasteiger partial charge is 0.344 e. The van der Waals surface area contributed by atoms with Crippen LogP contribution in [0.25, 0.3) is 0 Å². The third-order valence-electron chi connectivity index (χ3n) is 5.93. The van der Waals surface area contributed by atoms with E-state index in [1.165, 1.54) is 0 Å². The Hall–Kier alpha value is -3.42. The summed E-state index contributed by atoms with van der Waals surface area (Å²) in [6, 6.07) is 30.6. The second-order valence-corrected chi connectivity index (χ2v) is 11.4. The second kappa shape index (κ2) is 11.1. The van der Waals surface area contributed by atoms with Crippen LogP contribution in [0.4, 0.5) is 5.69 Å². The average Bonchev–Trinajstić information content (AvgIpc) is 2.87. The molecule has 0 spiro atoms. The van der Waals surface area contributed by atoms with E-state index in [0.29, 0.717) is 10.2 Å². The van der Waals surface area contributed by atoms with Crippen molar-refractivity contribution in [2.45, 2.75) is 24.8 Å². The van der Waals surface area contributed by atoms with E-state index in [2.05, 4.69) is 21.2 Å². The molecule has 1 atom stereocenters. The number of carbonyl (C=O) groups is 1. The Kier molecular flexibility index (Phi) is 7.91. The quantitative estimate of drug-likeness (QED) is 0.279. The highest BCUT2D eigenvalue weighted by Gasteiger charge is 2.29. The summed E-state index contributed by atoms with van der Waals surface area (Å²) in [7, 11) is -4.00. The molecule has 4 rings (SSSR count). The number of nitrogens with one attached hydrogen (secondary N) is 1. The summed E-state index contributed by atoms with van der Waals surface area (Å²) in [5.41, 5.74) is 4.24. The number of hydrogen-bond donors (Lipinski definition) is 1. The van der Waals surface area contributed by atoms with Gasteiger partial charge in [0.15, 0.2) is 0 Å². The third kappa shape index (κ3) is 5.86. The van der Waals surface area contributed by atoms with E-state index in [1.54, 1.807) is 42.5 Å². The minimum atomic E-state index is -4.00. The van der Waals surface area contributed by atoms with Gasteiger partial charge in [-0.25, -0.2) is 8.42 Å². The van der Waals surface area contributed by atoms with Crippen LogP contribution in [0.5, 0.6) is 0 Å². The van der Waals surface area contributed by atoms with Crippen molar-refractivity contribution in [1.82, 2.24) is 5.32 Å². The number of halogens is 1. The lowest BCUT2D eigenvalue weighted by Gasteiger charge is -2.27. The van der Waals surface area contributed by atoms with Crippen LogP contribution in [0, 0.1) is 13.8 Å². The molecule has 184 valence electrons. The minimum Gasteiger partial charge on any atom is -0.344 e. The van der Waals surface area contributed by atoms with E-state index in [1.807, 2.05) is 74.5 Å². The van der Waals surface area contributed by atoms with E-state index in [9.17, 15) is 13.2 Å². The highest BCUT2D eigenvalue weighted by molar-refractivity contribution is 9.10. The molecule has 0 unspecified atom stereocenters. The number of benzene rings is 4. The molecule has 0 saturated carbocycles. The summed E-state index contributed by atoms with van der Waals surface area (Å²) in [6.45, 7) is 3.51. The first kappa shape index (κ1) is 25.7. The number of sulfonamides is 1. The Bertz CT molecular complexity index is 1460. The van der Waals surface area contributed by atoms with Crippen LogP contribution in [0.2, 0.25) is 0 Å². The Labute approximate surface area is 221 Å². The molecule has 0 radical (unpaired) electrons. The Balaban J connectivity index is 1.70. The predicted molar refractivity (Wildman–Crippen MR) is 147 cm³/mol. The Morgan fingerprint density at radius 1 is 0.861 bits per heavy atom. The molecule has 0 saturated heterocycles. The summed E-state index contributed by atoms with van der Waals surface area (Å²) >= 11 is 3.42. The summed E-state index contributed by atoms with van der Waals surface area (Å²) in [4.78, 5) is 13.6. The molecule has 4 aromatic carbocycles. The first-order chi connectivity index (χ1) is 17.3. The third-order valence-corrected chi connectivity index (χ3v) is 8.21. The lowest BCUT2D eigenvalue weighted by atomic mass is 9.95. The summed E-state index contributed by atoms with van der Waals surface area (Å²) < 4.78 is 29.3. The fraction of sp³-hybridized carbons (Fsp3) is 0.138. The number of amides is 1. The highest BCUT2D eigenvalue weighted by Crippen LogP contribution is 2.28. The van der Waals surface area contributed by atoms with Gasteiger partial charge in [0.2, 0.25) is 5.91 Å². The summed E-state index contributed by atoms with van der Waals surface area (Å²) in [5, 5.41) is 3.08. The van der Waals surface area contributed by atoms with Crippen LogP contribution < -0.4 is 9.62 Å². The minimum absolute atomic E-state index is 0.124. The average molecular weight is 564 g/mol. The van der Waals surface area contributed by atoms with Gasteiger partial charge in [-0.2, -0.15) is 0 Å². The number of aryl methyl sites for hydroxylation is 2. The van der Waals surface area contributed by atoms with Crippen LogP contribution in [0.1, 0.15) is 28.3 Å². The van der Waals surface area contributed by atoms with E-state index >= 15 is 0 Å². The topological polar surface area (TPSA) is 66.5 Å². The molecule has 36 heavy (non-hydrogen) atoms. The van der Waals surface area contributed by atoms with Crippen molar-refractivity contribution >= 4 is 37.5 Å². The SMILES string of the molecule is Cc1ccc(S(=O)(=O)N(CC(=O)N[C@@H](c2ccccc2)c2ccccc2C)c2cccc(Br)c2)cc1. The highest BCUT2D eigenvalue weighted by atomic mass is 79.9. The van der Waals surface area contributed by atoms with Crippen LogP contribution in [0.3, 0.4) is 0 Å². The molecular formula is C29H27BrN2O3S. The van der Waals surface area contributed by atoms with Crippen molar-refractivity contribution in [2.24, 2.45) is 0 Å². The maximum atomic E-state index is 13.7. The maximum Gasteiger partial charge on any atom is 0.264 e. The van der Waals surface area contributed by atoms with E-state index in [4.69, 9.17) is 0 Å². The van der Waals surface area contributed by atoms with Gasteiger partial charge in [-0.05, 0) is 60.9 Å². The molecule has 0 bridgehead atoms. The number of hydrogen-bond acceptors (Lipinski definition) is 3. The number of anilines is 1.